The average molecular weight is 318 g/mol. The van der Waals surface area contributed by atoms with Gasteiger partial charge in [-0.2, -0.15) is 0 Å². The summed E-state index contributed by atoms with van der Waals surface area (Å²) in [6.45, 7) is 4.54. The summed E-state index contributed by atoms with van der Waals surface area (Å²) in [6.07, 6.45) is 7.96. The van der Waals surface area contributed by atoms with Gasteiger partial charge in [0.15, 0.2) is 0 Å². The number of allylic oxidation sites excluding steroid dienone is 1. The zero-order chi connectivity index (χ0) is 16.4. The fourth-order valence-corrected chi connectivity index (χ4v) is 6.46. The van der Waals surface area contributed by atoms with Crippen molar-refractivity contribution in [1.29, 1.82) is 0 Å². The highest BCUT2D eigenvalue weighted by Gasteiger charge is 2.60. The summed E-state index contributed by atoms with van der Waals surface area (Å²) >= 11 is 0. The van der Waals surface area contributed by atoms with Crippen LogP contribution in [0.25, 0.3) is 0 Å². The van der Waals surface area contributed by atoms with Gasteiger partial charge >= 0.3 is 0 Å². The van der Waals surface area contributed by atoms with Crippen LogP contribution in [0.4, 0.5) is 0 Å². The lowest BCUT2D eigenvalue weighted by Crippen LogP contribution is -2.54. The first kappa shape index (κ1) is 15.6. The molecule has 0 saturated heterocycles. The molecule has 4 rings (SSSR count). The van der Waals surface area contributed by atoms with Crippen molar-refractivity contribution < 1.29 is 15.4 Å². The van der Waals surface area contributed by atoms with Crippen molar-refractivity contribution in [3.8, 4) is 0 Å². The molecule has 0 aromatic rings. The third-order valence-corrected chi connectivity index (χ3v) is 7.99. The predicted molar refractivity (Wildman–Crippen MR) is 87.2 cm³/mol. The minimum Gasteiger partial charge on any atom is -0.393 e. The lowest BCUT2D eigenvalue weighted by molar-refractivity contribution is -0.0494. The van der Waals surface area contributed by atoms with Crippen molar-refractivity contribution in [3.63, 3.8) is 0 Å². The van der Waals surface area contributed by atoms with Crippen LogP contribution in [0.2, 0.25) is 0 Å². The third kappa shape index (κ3) is 2.00. The Morgan fingerprint density at radius 1 is 1.09 bits per heavy atom. The number of rotatable bonds is 0. The lowest BCUT2D eigenvalue weighted by Gasteiger charge is -2.57. The summed E-state index contributed by atoms with van der Waals surface area (Å²) < 4.78 is 0. The quantitative estimate of drug-likeness (QED) is 0.674. The van der Waals surface area contributed by atoms with Crippen LogP contribution in [0.5, 0.6) is 0 Å². The first-order valence-electron chi connectivity index (χ1n) is 9.17. The molecular formula is C19H28NO3. The van der Waals surface area contributed by atoms with E-state index in [-0.39, 0.29) is 29.0 Å². The first-order chi connectivity index (χ1) is 10.9. The Kier molecular flexibility index (Phi) is 3.44. The van der Waals surface area contributed by atoms with E-state index in [0.717, 1.165) is 38.5 Å². The van der Waals surface area contributed by atoms with E-state index in [2.05, 4.69) is 19.0 Å². The van der Waals surface area contributed by atoms with Gasteiger partial charge < -0.3 is 10.2 Å². The topological polar surface area (TPSA) is 72.7 Å². The molecule has 0 aromatic carbocycles. The molecule has 3 saturated carbocycles. The van der Waals surface area contributed by atoms with E-state index >= 15 is 0 Å². The molecule has 0 heterocycles. The van der Waals surface area contributed by atoms with Crippen LogP contribution in [-0.2, 0) is 5.21 Å². The summed E-state index contributed by atoms with van der Waals surface area (Å²) in [4.78, 5) is 0. The molecule has 3 fully saturated rings. The average Bonchev–Trinajstić information content (AvgIpc) is 2.83. The molecular weight excluding hydrogens is 290 g/mol. The molecule has 4 nitrogen and oxygen atoms in total. The Balaban J connectivity index is 1.79. The molecule has 0 aliphatic heterocycles. The summed E-state index contributed by atoms with van der Waals surface area (Å²) in [6, 6.07) is 0. The molecule has 4 aliphatic rings. The van der Waals surface area contributed by atoms with Gasteiger partial charge in [0.2, 0.25) is 0 Å². The molecule has 2 N–H and O–H groups in total. The fourth-order valence-electron chi connectivity index (χ4n) is 6.46. The second-order valence-corrected chi connectivity index (χ2v) is 8.88. The first-order valence-corrected chi connectivity index (χ1v) is 9.17. The minimum atomic E-state index is -0.277. The van der Waals surface area contributed by atoms with Crippen LogP contribution in [-0.4, -0.2) is 28.1 Å². The van der Waals surface area contributed by atoms with Gasteiger partial charge in [-0.1, -0.05) is 19.4 Å². The Labute approximate surface area is 138 Å². The van der Waals surface area contributed by atoms with Gasteiger partial charge in [-0.15, -0.1) is 5.21 Å². The molecule has 4 aliphatic carbocycles. The molecule has 23 heavy (non-hydrogen) atoms. The third-order valence-electron chi connectivity index (χ3n) is 7.99. The molecule has 0 bridgehead atoms. The monoisotopic (exact) mass is 318 g/mol. The van der Waals surface area contributed by atoms with E-state index < -0.39 is 0 Å². The maximum atomic E-state index is 11.6. The SMILES string of the molecule is C[C@]12CC[C@H](O)CC1=CC(=N[O])C1C2CC[C@@]2(C)C1CC[C@@H]2O. The van der Waals surface area contributed by atoms with Crippen molar-refractivity contribution in [2.24, 2.45) is 33.7 Å². The number of fused-ring (bicyclic) bond motifs is 5. The predicted octanol–water partition coefficient (Wildman–Crippen LogP) is 3.07. The summed E-state index contributed by atoms with van der Waals surface area (Å²) in [5.74, 6) is 0.990. The standard InChI is InChI=1S/C19H28NO3/c1-18-7-5-12(21)9-11(18)10-15(20-23)17-13-3-4-16(22)19(13,2)8-6-14(17)18/h10,12-14,16-17,21-22H,3-9H2,1-2H3/t12-,13?,14?,16-,17?,18-,19-/m0/s1. The van der Waals surface area contributed by atoms with Gasteiger partial charge in [-0.3, -0.25) is 0 Å². The molecule has 0 aromatic heterocycles. The molecule has 1 radical (unpaired) electrons. The molecule has 4 heteroatoms. The molecule has 7 atom stereocenters. The highest BCUT2D eigenvalue weighted by molar-refractivity contribution is 5.99. The highest BCUT2D eigenvalue weighted by atomic mass is 16.4. The van der Waals surface area contributed by atoms with Crippen molar-refractivity contribution in [2.75, 3.05) is 0 Å². The summed E-state index contributed by atoms with van der Waals surface area (Å²) in [7, 11) is 0. The molecule has 0 amide bonds. The van der Waals surface area contributed by atoms with Crippen molar-refractivity contribution >= 4 is 5.71 Å². The smallest absolute Gasteiger partial charge is 0.0885 e. The fraction of sp³-hybridized carbons (Fsp3) is 0.842. The van der Waals surface area contributed by atoms with Gasteiger partial charge in [0.1, 0.15) is 0 Å². The second-order valence-electron chi connectivity index (χ2n) is 8.88. The zero-order valence-corrected chi connectivity index (χ0v) is 14.2. The minimum absolute atomic E-state index is 0.0625. The Morgan fingerprint density at radius 3 is 2.61 bits per heavy atom. The molecule has 0 spiro atoms. The maximum Gasteiger partial charge on any atom is 0.0885 e. The van der Waals surface area contributed by atoms with E-state index in [1.54, 1.807) is 0 Å². The van der Waals surface area contributed by atoms with Gasteiger partial charge in [0, 0.05) is 5.92 Å². The Morgan fingerprint density at radius 2 is 1.87 bits per heavy atom. The van der Waals surface area contributed by atoms with Crippen LogP contribution in [0.1, 0.15) is 58.8 Å². The summed E-state index contributed by atoms with van der Waals surface area (Å²) in [5, 5.41) is 35.6. The lowest BCUT2D eigenvalue weighted by atomic mass is 9.47. The van der Waals surface area contributed by atoms with Crippen LogP contribution in [0.15, 0.2) is 16.8 Å². The van der Waals surface area contributed by atoms with E-state index in [1.807, 2.05) is 6.08 Å². The number of nitrogens with zero attached hydrogens (tertiary/aromatic N) is 1. The number of hydrogen-bond donors (Lipinski definition) is 2. The maximum absolute atomic E-state index is 11.6. The van der Waals surface area contributed by atoms with Gasteiger partial charge in [0.05, 0.1) is 17.9 Å². The van der Waals surface area contributed by atoms with Crippen molar-refractivity contribution in [3.05, 3.63) is 11.6 Å². The van der Waals surface area contributed by atoms with E-state index in [0.29, 0.717) is 24.0 Å². The molecule has 127 valence electrons. The van der Waals surface area contributed by atoms with Gasteiger partial charge in [-0.05, 0) is 78.8 Å². The molecule has 3 unspecified atom stereocenters. The highest BCUT2D eigenvalue weighted by Crippen LogP contribution is 2.64. The number of aliphatic hydroxyl groups is 2. The second kappa shape index (κ2) is 5.06. The van der Waals surface area contributed by atoms with E-state index in [4.69, 9.17) is 0 Å². The number of aliphatic hydroxyl groups excluding tert-OH is 2. The zero-order valence-electron chi connectivity index (χ0n) is 14.2. The van der Waals surface area contributed by atoms with Gasteiger partial charge in [-0.25, -0.2) is 0 Å². The normalized spacial score (nSPS) is 54.2. The summed E-state index contributed by atoms with van der Waals surface area (Å²) in [5.41, 5.74) is 1.94. The van der Waals surface area contributed by atoms with E-state index in [9.17, 15) is 15.4 Å². The van der Waals surface area contributed by atoms with Crippen molar-refractivity contribution in [2.45, 2.75) is 71.0 Å². The number of hydrogen-bond acceptors (Lipinski definition) is 3. The van der Waals surface area contributed by atoms with Crippen LogP contribution < -0.4 is 0 Å². The largest absolute Gasteiger partial charge is 0.393 e. The van der Waals surface area contributed by atoms with Gasteiger partial charge in [0.25, 0.3) is 0 Å². The van der Waals surface area contributed by atoms with Crippen LogP contribution >= 0.6 is 0 Å². The van der Waals surface area contributed by atoms with Crippen LogP contribution in [0, 0.1) is 28.6 Å². The van der Waals surface area contributed by atoms with Crippen LogP contribution in [0.3, 0.4) is 0 Å². The Hall–Kier alpha value is -0.870. The van der Waals surface area contributed by atoms with E-state index in [1.165, 1.54) is 5.57 Å². The van der Waals surface area contributed by atoms with Crippen molar-refractivity contribution in [1.82, 2.24) is 0 Å². The Bertz CT molecular complexity index is 571.